The van der Waals surface area contributed by atoms with Gasteiger partial charge in [0, 0.05) is 30.9 Å². The molecule has 11 heteroatoms. The number of sulfone groups is 1. The molecule has 0 saturated heterocycles. The van der Waals surface area contributed by atoms with E-state index in [0.717, 1.165) is 11.2 Å². The van der Waals surface area contributed by atoms with Crippen LogP contribution in [0.15, 0.2) is 66.1 Å². The first-order chi connectivity index (χ1) is 14.7. The highest BCUT2D eigenvalue weighted by Crippen LogP contribution is 2.28. The lowest BCUT2D eigenvalue weighted by molar-refractivity contribution is -0.385. The monoisotopic (exact) mass is 440 g/mol. The molecule has 0 aliphatic rings. The lowest BCUT2D eigenvalue weighted by Gasteiger charge is -2.24. The normalized spacial score (nSPS) is 11.0. The van der Waals surface area contributed by atoms with Crippen LogP contribution in [0, 0.1) is 10.1 Å². The topological polar surface area (TPSA) is 140 Å². The van der Waals surface area contributed by atoms with Crippen molar-refractivity contribution in [2.24, 2.45) is 0 Å². The number of amides is 1. The molecule has 0 aliphatic carbocycles. The first-order valence-electron chi connectivity index (χ1n) is 8.82. The van der Waals surface area contributed by atoms with Crippen LogP contribution in [0.25, 0.3) is 0 Å². The first kappa shape index (κ1) is 21.7. The molecule has 2 aromatic heterocycles. The maximum absolute atomic E-state index is 13.2. The number of benzene rings is 1. The zero-order valence-corrected chi connectivity index (χ0v) is 17.0. The number of rotatable bonds is 7. The van der Waals surface area contributed by atoms with Crippen molar-refractivity contribution in [3.8, 4) is 0 Å². The van der Waals surface area contributed by atoms with Gasteiger partial charge in [-0.15, -0.1) is 0 Å². The Morgan fingerprint density at radius 3 is 2.55 bits per heavy atom. The number of hydrogen-bond acceptors (Lipinski definition) is 8. The highest BCUT2D eigenvalue weighted by Gasteiger charge is 2.26. The number of nitro benzene ring substituents is 1. The van der Waals surface area contributed by atoms with E-state index < -0.39 is 26.4 Å². The average molecular weight is 440 g/mol. The molecule has 0 N–H and O–H groups in total. The summed E-state index contributed by atoms with van der Waals surface area (Å²) in [6, 6.07) is 9.86. The molecule has 0 fully saturated rings. The number of nitro groups is 1. The summed E-state index contributed by atoms with van der Waals surface area (Å²) >= 11 is 0. The SMILES string of the molecule is CS(=O)(=O)c1ncccc1N(Cc1ccc(C=O)c([N+](=O)[O-])c1)C(=O)c1cccnc1. The molecule has 0 atom stereocenters. The summed E-state index contributed by atoms with van der Waals surface area (Å²) < 4.78 is 24.5. The minimum absolute atomic E-state index is 0.0148. The van der Waals surface area contributed by atoms with Gasteiger partial charge in [0.15, 0.2) is 21.1 Å². The molecule has 0 aliphatic heterocycles. The van der Waals surface area contributed by atoms with E-state index >= 15 is 0 Å². The van der Waals surface area contributed by atoms with E-state index in [1.165, 1.54) is 55.0 Å². The summed E-state index contributed by atoms with van der Waals surface area (Å²) in [4.78, 5) is 43.9. The molecule has 1 amide bonds. The van der Waals surface area contributed by atoms with Gasteiger partial charge in [-0.3, -0.25) is 24.7 Å². The second-order valence-electron chi connectivity index (χ2n) is 6.50. The Morgan fingerprint density at radius 2 is 1.94 bits per heavy atom. The Balaban J connectivity index is 2.15. The van der Waals surface area contributed by atoms with E-state index in [1.807, 2.05) is 0 Å². The summed E-state index contributed by atoms with van der Waals surface area (Å²) in [5.41, 5.74) is -0.0171. The van der Waals surface area contributed by atoms with Gasteiger partial charge in [0.2, 0.25) is 0 Å². The third-order valence-corrected chi connectivity index (χ3v) is 5.32. The summed E-state index contributed by atoms with van der Waals surface area (Å²) in [7, 11) is -3.79. The van der Waals surface area contributed by atoms with Crippen molar-refractivity contribution in [3.63, 3.8) is 0 Å². The predicted molar refractivity (Wildman–Crippen MR) is 111 cm³/mol. The van der Waals surface area contributed by atoms with Gasteiger partial charge in [-0.2, -0.15) is 0 Å². The highest BCUT2D eigenvalue weighted by molar-refractivity contribution is 7.90. The average Bonchev–Trinajstić information content (AvgIpc) is 2.77. The van der Waals surface area contributed by atoms with Gasteiger partial charge in [-0.05, 0) is 35.9 Å². The number of hydrogen-bond donors (Lipinski definition) is 0. The minimum atomic E-state index is -3.79. The van der Waals surface area contributed by atoms with E-state index in [1.54, 1.807) is 6.07 Å². The molecule has 2 heterocycles. The van der Waals surface area contributed by atoms with Crippen LogP contribution in [0.5, 0.6) is 0 Å². The van der Waals surface area contributed by atoms with Gasteiger partial charge in [-0.25, -0.2) is 13.4 Å². The van der Waals surface area contributed by atoms with E-state index in [9.17, 15) is 28.1 Å². The maximum Gasteiger partial charge on any atom is 0.280 e. The van der Waals surface area contributed by atoms with Gasteiger partial charge < -0.3 is 4.90 Å². The zero-order valence-electron chi connectivity index (χ0n) is 16.2. The second kappa shape index (κ2) is 8.79. The molecule has 3 aromatic rings. The number of anilines is 1. The third kappa shape index (κ3) is 4.78. The minimum Gasteiger partial charge on any atom is -0.301 e. The molecule has 0 bridgehead atoms. The van der Waals surface area contributed by atoms with Gasteiger partial charge in [0.1, 0.15) is 0 Å². The van der Waals surface area contributed by atoms with Crippen molar-refractivity contribution in [2.45, 2.75) is 11.6 Å². The van der Waals surface area contributed by atoms with Crippen molar-refractivity contribution in [1.29, 1.82) is 0 Å². The van der Waals surface area contributed by atoms with Crippen LogP contribution in [0.1, 0.15) is 26.3 Å². The van der Waals surface area contributed by atoms with Crippen LogP contribution in [0.2, 0.25) is 0 Å². The molecule has 0 spiro atoms. The smallest absolute Gasteiger partial charge is 0.280 e. The summed E-state index contributed by atoms with van der Waals surface area (Å²) in [6.45, 7) is -0.206. The first-order valence-corrected chi connectivity index (χ1v) is 10.7. The molecule has 0 radical (unpaired) electrons. The quantitative estimate of drug-likeness (QED) is 0.310. The Labute approximate surface area is 177 Å². The van der Waals surface area contributed by atoms with Crippen molar-refractivity contribution in [3.05, 3.63) is 87.9 Å². The molecular weight excluding hydrogens is 424 g/mol. The van der Waals surface area contributed by atoms with Crippen LogP contribution in [0.4, 0.5) is 11.4 Å². The van der Waals surface area contributed by atoms with Crippen molar-refractivity contribution in [1.82, 2.24) is 9.97 Å². The van der Waals surface area contributed by atoms with E-state index in [2.05, 4.69) is 9.97 Å². The maximum atomic E-state index is 13.2. The van der Waals surface area contributed by atoms with E-state index in [-0.39, 0.29) is 28.4 Å². The van der Waals surface area contributed by atoms with E-state index in [4.69, 9.17) is 0 Å². The molecule has 10 nitrogen and oxygen atoms in total. The Bertz CT molecular complexity index is 1260. The predicted octanol–water partition coefficient (Wildman–Crippen LogP) is 2.45. The summed E-state index contributed by atoms with van der Waals surface area (Å²) in [5.74, 6) is -0.576. The summed E-state index contributed by atoms with van der Waals surface area (Å²) in [6.07, 6.45) is 5.42. The fraction of sp³-hybridized carbons (Fsp3) is 0.100. The van der Waals surface area contributed by atoms with Crippen molar-refractivity contribution < 1.29 is 22.9 Å². The number of nitrogens with zero attached hydrogens (tertiary/aromatic N) is 4. The number of carbonyl (C=O) groups excluding carboxylic acids is 2. The molecule has 158 valence electrons. The molecule has 31 heavy (non-hydrogen) atoms. The standard InChI is InChI=1S/C20H16N4O6S/c1-31(29,30)19-17(5-3-9-22-19)23(20(26)15-4-2-8-21-11-15)12-14-6-7-16(13-25)18(10-14)24(27)28/h2-11,13H,12H2,1H3. The van der Waals surface area contributed by atoms with Gasteiger partial charge >= 0.3 is 0 Å². The van der Waals surface area contributed by atoms with Gasteiger partial charge in [0.05, 0.1) is 28.3 Å². The fourth-order valence-electron chi connectivity index (χ4n) is 2.91. The number of aromatic nitrogens is 2. The van der Waals surface area contributed by atoms with E-state index in [0.29, 0.717) is 11.8 Å². The fourth-order valence-corrected chi connectivity index (χ4v) is 3.72. The van der Waals surface area contributed by atoms with Crippen molar-refractivity contribution in [2.75, 3.05) is 11.2 Å². The number of aldehydes is 1. The summed E-state index contributed by atoms with van der Waals surface area (Å²) in [5, 5.41) is 11.0. The van der Waals surface area contributed by atoms with Crippen LogP contribution in [-0.2, 0) is 16.4 Å². The number of carbonyl (C=O) groups is 2. The Morgan fingerprint density at radius 1 is 1.19 bits per heavy atom. The molecule has 3 rings (SSSR count). The second-order valence-corrected chi connectivity index (χ2v) is 8.43. The molecule has 1 aromatic carbocycles. The van der Waals surface area contributed by atoms with Gasteiger partial charge in [-0.1, -0.05) is 6.07 Å². The van der Waals surface area contributed by atoms with Crippen LogP contribution in [0.3, 0.4) is 0 Å². The number of pyridine rings is 2. The molecule has 0 unspecified atom stereocenters. The van der Waals surface area contributed by atoms with Crippen LogP contribution in [-0.4, -0.2) is 41.8 Å². The van der Waals surface area contributed by atoms with Gasteiger partial charge in [0.25, 0.3) is 11.6 Å². The Hall–Kier alpha value is -3.99. The Kier molecular flexibility index (Phi) is 6.16. The van der Waals surface area contributed by atoms with Crippen LogP contribution < -0.4 is 4.90 Å². The van der Waals surface area contributed by atoms with Crippen molar-refractivity contribution >= 4 is 33.4 Å². The lowest BCUT2D eigenvalue weighted by Crippen LogP contribution is -2.32. The molecular formula is C20H16N4O6S. The third-order valence-electron chi connectivity index (χ3n) is 4.31. The zero-order chi connectivity index (χ0) is 22.6. The van der Waals surface area contributed by atoms with Crippen LogP contribution >= 0.6 is 0 Å². The largest absolute Gasteiger partial charge is 0.301 e. The lowest BCUT2D eigenvalue weighted by atomic mass is 10.1. The molecule has 0 saturated carbocycles. The highest BCUT2D eigenvalue weighted by atomic mass is 32.2.